The highest BCUT2D eigenvalue weighted by molar-refractivity contribution is 5.35. The van der Waals surface area contributed by atoms with Gasteiger partial charge < -0.3 is 9.84 Å². The second-order valence-corrected chi connectivity index (χ2v) is 4.68. The van der Waals surface area contributed by atoms with E-state index in [-0.39, 0.29) is 0 Å². The second-order valence-electron chi connectivity index (χ2n) is 4.68. The van der Waals surface area contributed by atoms with Crippen LogP contribution in [0, 0.1) is 0 Å². The van der Waals surface area contributed by atoms with Crippen LogP contribution in [0.5, 0.6) is 5.75 Å². The molecule has 0 aromatic heterocycles. The van der Waals surface area contributed by atoms with Gasteiger partial charge in [0.15, 0.2) is 0 Å². The molecule has 0 aliphatic heterocycles. The number of unbranched alkanes of at least 4 members (excludes halogenated alkanes) is 3. The molecule has 0 amide bonds. The Morgan fingerprint density at radius 1 is 1.06 bits per heavy atom. The van der Waals surface area contributed by atoms with Gasteiger partial charge in [-0.1, -0.05) is 38.5 Å². The summed E-state index contributed by atoms with van der Waals surface area (Å²) < 4.78 is 5.82. The van der Waals surface area contributed by atoms with Gasteiger partial charge in [0, 0.05) is 6.61 Å². The van der Waals surface area contributed by atoms with Crippen LogP contribution in [0.4, 0.5) is 0 Å². The molecule has 96 valence electrons. The van der Waals surface area contributed by atoms with Gasteiger partial charge in [0.2, 0.25) is 0 Å². The second kappa shape index (κ2) is 8.13. The van der Waals surface area contributed by atoms with E-state index < -0.39 is 0 Å². The Labute approximate surface area is 105 Å². The van der Waals surface area contributed by atoms with Gasteiger partial charge in [0.05, 0.1) is 6.61 Å². The van der Waals surface area contributed by atoms with E-state index in [2.05, 4.69) is 26.0 Å². The monoisotopic (exact) mass is 236 g/mol. The molecule has 0 radical (unpaired) electrons. The molecule has 2 nitrogen and oxygen atoms in total. The number of hydrogen-bond donors (Lipinski definition) is 1. The fourth-order valence-corrected chi connectivity index (χ4v) is 1.84. The van der Waals surface area contributed by atoms with E-state index in [9.17, 15) is 0 Å². The lowest BCUT2D eigenvalue weighted by atomic mass is 10.0. The van der Waals surface area contributed by atoms with E-state index in [1.165, 1.54) is 5.56 Å². The first-order chi connectivity index (χ1) is 8.25. The molecule has 1 N–H and O–H groups in total. The zero-order valence-electron chi connectivity index (χ0n) is 11.0. The molecule has 0 fully saturated rings. The van der Waals surface area contributed by atoms with Crippen LogP contribution in [0.15, 0.2) is 24.3 Å². The lowest BCUT2D eigenvalue weighted by Gasteiger charge is -2.13. The predicted octanol–water partition coefficient (Wildman–Crippen LogP) is 3.74. The Hall–Kier alpha value is -1.02. The smallest absolute Gasteiger partial charge is 0.122 e. The normalized spacial score (nSPS) is 10.8. The van der Waals surface area contributed by atoms with Gasteiger partial charge in [0.1, 0.15) is 5.75 Å². The lowest BCUT2D eigenvalue weighted by Crippen LogP contribution is -2.01. The third kappa shape index (κ3) is 5.22. The van der Waals surface area contributed by atoms with Crippen molar-refractivity contribution in [3.8, 4) is 5.75 Å². The molecule has 1 aromatic carbocycles. The van der Waals surface area contributed by atoms with Crippen LogP contribution in [-0.4, -0.2) is 18.3 Å². The first kappa shape index (κ1) is 14.0. The molecule has 2 heteroatoms. The average molecular weight is 236 g/mol. The van der Waals surface area contributed by atoms with Gasteiger partial charge in [-0.2, -0.15) is 0 Å². The fourth-order valence-electron chi connectivity index (χ4n) is 1.84. The van der Waals surface area contributed by atoms with E-state index in [0.717, 1.165) is 38.0 Å². The predicted molar refractivity (Wildman–Crippen MR) is 71.6 cm³/mol. The van der Waals surface area contributed by atoms with Crippen molar-refractivity contribution in [3.63, 3.8) is 0 Å². The van der Waals surface area contributed by atoms with Gasteiger partial charge in [-0.05, 0) is 36.8 Å². The van der Waals surface area contributed by atoms with Crippen molar-refractivity contribution >= 4 is 0 Å². The minimum atomic E-state index is 0.303. The molecule has 1 aromatic rings. The summed E-state index contributed by atoms with van der Waals surface area (Å²) in [7, 11) is 0. The van der Waals surface area contributed by atoms with Crippen molar-refractivity contribution in [3.05, 3.63) is 29.8 Å². The largest absolute Gasteiger partial charge is 0.493 e. The first-order valence-corrected chi connectivity index (χ1v) is 6.58. The fraction of sp³-hybridized carbons (Fsp3) is 0.600. The highest BCUT2D eigenvalue weighted by Gasteiger charge is 2.06. The van der Waals surface area contributed by atoms with Crippen LogP contribution < -0.4 is 4.74 Å². The van der Waals surface area contributed by atoms with Crippen LogP contribution in [-0.2, 0) is 0 Å². The third-order valence-electron chi connectivity index (χ3n) is 2.85. The van der Waals surface area contributed by atoms with Crippen LogP contribution in [0.25, 0.3) is 0 Å². The molecule has 0 heterocycles. The standard InChI is InChI=1S/C15H24O2/c1-13(2)14-9-5-6-10-15(14)17-12-8-4-3-7-11-16/h5-6,9-10,13,16H,3-4,7-8,11-12H2,1-2H3. The maximum Gasteiger partial charge on any atom is 0.122 e. The summed E-state index contributed by atoms with van der Waals surface area (Å²) in [5.74, 6) is 1.52. The van der Waals surface area contributed by atoms with Crippen LogP contribution in [0.3, 0.4) is 0 Å². The lowest BCUT2D eigenvalue weighted by molar-refractivity contribution is 0.272. The van der Waals surface area contributed by atoms with E-state index in [1.54, 1.807) is 0 Å². The average Bonchev–Trinajstić information content (AvgIpc) is 2.34. The molecule has 0 atom stereocenters. The van der Waals surface area contributed by atoms with Crippen molar-refractivity contribution in [2.75, 3.05) is 13.2 Å². The minimum Gasteiger partial charge on any atom is -0.493 e. The van der Waals surface area contributed by atoms with Gasteiger partial charge in [-0.3, -0.25) is 0 Å². The molecule has 0 saturated carbocycles. The SMILES string of the molecule is CC(C)c1ccccc1OCCCCCCO. The van der Waals surface area contributed by atoms with Crippen molar-refractivity contribution < 1.29 is 9.84 Å². The van der Waals surface area contributed by atoms with Gasteiger partial charge in [-0.25, -0.2) is 0 Å². The molecule has 0 aliphatic rings. The van der Waals surface area contributed by atoms with E-state index in [0.29, 0.717) is 12.5 Å². The minimum absolute atomic E-state index is 0.303. The summed E-state index contributed by atoms with van der Waals surface area (Å²) in [6, 6.07) is 8.26. The zero-order chi connectivity index (χ0) is 12.5. The number of benzene rings is 1. The summed E-state index contributed by atoms with van der Waals surface area (Å²) in [6.07, 6.45) is 4.19. The number of aliphatic hydroxyl groups excluding tert-OH is 1. The summed E-state index contributed by atoms with van der Waals surface area (Å²) in [5.41, 5.74) is 1.28. The molecule has 0 unspecified atom stereocenters. The topological polar surface area (TPSA) is 29.5 Å². The van der Waals surface area contributed by atoms with Gasteiger partial charge >= 0.3 is 0 Å². The number of rotatable bonds is 8. The number of hydrogen-bond acceptors (Lipinski definition) is 2. The third-order valence-corrected chi connectivity index (χ3v) is 2.85. The molecule has 0 saturated heterocycles. The van der Waals surface area contributed by atoms with Gasteiger partial charge in [0.25, 0.3) is 0 Å². The van der Waals surface area contributed by atoms with Crippen molar-refractivity contribution in [1.29, 1.82) is 0 Å². The van der Waals surface area contributed by atoms with E-state index in [4.69, 9.17) is 9.84 Å². The van der Waals surface area contributed by atoms with Crippen LogP contribution in [0.2, 0.25) is 0 Å². The molecule has 1 rings (SSSR count). The molecule has 17 heavy (non-hydrogen) atoms. The summed E-state index contributed by atoms with van der Waals surface area (Å²) in [5, 5.41) is 8.67. The molecular weight excluding hydrogens is 212 g/mol. The Morgan fingerprint density at radius 2 is 1.76 bits per heavy atom. The summed E-state index contributed by atoms with van der Waals surface area (Å²) in [6.45, 7) is 5.44. The number of aliphatic hydroxyl groups is 1. The van der Waals surface area contributed by atoms with Crippen molar-refractivity contribution in [1.82, 2.24) is 0 Å². The zero-order valence-corrected chi connectivity index (χ0v) is 11.0. The molecular formula is C15H24O2. The Kier molecular flexibility index (Phi) is 6.71. The maximum absolute atomic E-state index is 8.67. The number of para-hydroxylation sites is 1. The molecule has 0 spiro atoms. The van der Waals surface area contributed by atoms with Crippen LogP contribution in [0.1, 0.15) is 51.0 Å². The van der Waals surface area contributed by atoms with Crippen molar-refractivity contribution in [2.45, 2.75) is 45.4 Å². The van der Waals surface area contributed by atoms with E-state index >= 15 is 0 Å². The highest BCUT2D eigenvalue weighted by atomic mass is 16.5. The molecule has 0 bridgehead atoms. The Morgan fingerprint density at radius 3 is 2.47 bits per heavy atom. The quantitative estimate of drug-likeness (QED) is 0.697. The maximum atomic E-state index is 8.67. The van der Waals surface area contributed by atoms with Gasteiger partial charge in [-0.15, -0.1) is 0 Å². The van der Waals surface area contributed by atoms with Crippen molar-refractivity contribution in [2.24, 2.45) is 0 Å². The van der Waals surface area contributed by atoms with E-state index in [1.807, 2.05) is 12.1 Å². The number of ether oxygens (including phenoxy) is 1. The first-order valence-electron chi connectivity index (χ1n) is 6.58. The Balaban J connectivity index is 2.31. The summed E-state index contributed by atoms with van der Waals surface area (Å²) in [4.78, 5) is 0. The molecule has 0 aliphatic carbocycles. The summed E-state index contributed by atoms with van der Waals surface area (Å²) >= 11 is 0. The highest BCUT2D eigenvalue weighted by Crippen LogP contribution is 2.25. The van der Waals surface area contributed by atoms with Crippen LogP contribution >= 0.6 is 0 Å². The Bertz CT molecular complexity index is 308.